The van der Waals surface area contributed by atoms with Gasteiger partial charge in [0, 0.05) is 17.0 Å². The third-order valence-corrected chi connectivity index (χ3v) is 3.74. The van der Waals surface area contributed by atoms with Crippen molar-refractivity contribution in [2.75, 3.05) is 13.1 Å². The molecule has 0 aromatic heterocycles. The van der Waals surface area contributed by atoms with Crippen molar-refractivity contribution in [2.24, 2.45) is 10.7 Å². The van der Waals surface area contributed by atoms with Crippen LogP contribution in [-0.4, -0.2) is 19.0 Å². The van der Waals surface area contributed by atoms with Crippen LogP contribution in [0.2, 0.25) is 5.02 Å². The van der Waals surface area contributed by atoms with Gasteiger partial charge in [-0.1, -0.05) is 36.7 Å². The van der Waals surface area contributed by atoms with Crippen LogP contribution in [-0.2, 0) is 5.41 Å². The lowest BCUT2D eigenvalue weighted by Gasteiger charge is -2.15. The van der Waals surface area contributed by atoms with Crippen molar-refractivity contribution in [1.29, 1.82) is 0 Å². The van der Waals surface area contributed by atoms with Crippen LogP contribution in [0.5, 0.6) is 0 Å². The zero-order valence-electron chi connectivity index (χ0n) is 11.2. The maximum absolute atomic E-state index is 6.25. The summed E-state index contributed by atoms with van der Waals surface area (Å²) in [4.78, 5) is 4.44. The van der Waals surface area contributed by atoms with Gasteiger partial charge in [0.2, 0.25) is 0 Å². The number of rotatable bonds is 5. The molecule has 5 heteroatoms. The third-order valence-electron chi connectivity index (χ3n) is 3.41. The maximum Gasteiger partial charge on any atom is 0.188 e. The molecule has 0 saturated heterocycles. The first-order valence-electron chi connectivity index (χ1n) is 6.47. The lowest BCUT2D eigenvalue weighted by Crippen LogP contribution is -2.33. The molecule has 0 atom stereocenters. The number of nitrogens with one attached hydrogen (secondary N) is 1. The van der Waals surface area contributed by atoms with E-state index in [1.807, 2.05) is 18.2 Å². The Labute approximate surface area is 137 Å². The number of benzene rings is 1. The summed E-state index contributed by atoms with van der Waals surface area (Å²) >= 11 is 6.25. The van der Waals surface area contributed by atoms with E-state index in [0.29, 0.717) is 5.96 Å². The molecule has 1 aromatic rings. The lowest BCUT2D eigenvalue weighted by atomic mass is 9.96. The summed E-state index contributed by atoms with van der Waals surface area (Å²) in [5.41, 5.74) is 7.15. The highest BCUT2D eigenvalue weighted by Crippen LogP contribution is 2.50. The number of guanidine groups is 1. The summed E-state index contributed by atoms with van der Waals surface area (Å²) in [5.74, 6) is 0.537. The van der Waals surface area contributed by atoms with Gasteiger partial charge in [0.05, 0.1) is 6.54 Å². The first kappa shape index (κ1) is 16.6. The van der Waals surface area contributed by atoms with Crippen LogP contribution in [0.15, 0.2) is 29.3 Å². The number of hydrogen-bond acceptors (Lipinski definition) is 1. The maximum atomic E-state index is 6.25. The molecule has 1 aromatic carbocycles. The normalized spacial score (nSPS) is 16.6. The lowest BCUT2D eigenvalue weighted by molar-refractivity contribution is 0.699. The average Bonchev–Trinajstić information content (AvgIpc) is 3.15. The van der Waals surface area contributed by atoms with E-state index in [-0.39, 0.29) is 29.4 Å². The van der Waals surface area contributed by atoms with Gasteiger partial charge in [-0.2, -0.15) is 0 Å². The molecule has 3 nitrogen and oxygen atoms in total. The topological polar surface area (TPSA) is 50.4 Å². The number of halogens is 2. The Morgan fingerprint density at radius 3 is 2.68 bits per heavy atom. The fourth-order valence-corrected chi connectivity index (χ4v) is 2.44. The molecule has 19 heavy (non-hydrogen) atoms. The summed E-state index contributed by atoms with van der Waals surface area (Å²) in [6.07, 6.45) is 3.33. The van der Waals surface area contributed by atoms with Crippen LogP contribution in [0.25, 0.3) is 0 Å². The van der Waals surface area contributed by atoms with E-state index in [0.717, 1.165) is 37.4 Å². The highest BCUT2D eigenvalue weighted by molar-refractivity contribution is 14.0. The minimum atomic E-state index is 0. The Morgan fingerprint density at radius 1 is 1.42 bits per heavy atom. The molecule has 0 unspecified atom stereocenters. The molecule has 0 aliphatic heterocycles. The highest BCUT2D eigenvalue weighted by atomic mass is 127. The molecule has 2 rings (SSSR count). The van der Waals surface area contributed by atoms with Gasteiger partial charge in [-0.15, -0.1) is 24.0 Å². The molecular weight excluding hydrogens is 373 g/mol. The molecule has 0 bridgehead atoms. The summed E-state index contributed by atoms with van der Waals surface area (Å²) in [7, 11) is 0. The molecule has 0 radical (unpaired) electrons. The van der Waals surface area contributed by atoms with Crippen LogP contribution in [0, 0.1) is 0 Å². The Balaban J connectivity index is 0.00000180. The third kappa shape index (κ3) is 4.24. The number of nitrogens with two attached hydrogens (primary N) is 1. The van der Waals surface area contributed by atoms with E-state index in [2.05, 4.69) is 23.3 Å². The van der Waals surface area contributed by atoms with Gasteiger partial charge >= 0.3 is 0 Å². The van der Waals surface area contributed by atoms with Gasteiger partial charge in [-0.25, -0.2) is 0 Å². The molecule has 0 spiro atoms. The van der Waals surface area contributed by atoms with E-state index in [4.69, 9.17) is 17.3 Å². The van der Waals surface area contributed by atoms with E-state index in [9.17, 15) is 0 Å². The molecule has 106 valence electrons. The van der Waals surface area contributed by atoms with Crippen LogP contribution < -0.4 is 11.1 Å². The molecule has 3 N–H and O–H groups in total. The summed E-state index contributed by atoms with van der Waals surface area (Å²) < 4.78 is 0. The predicted octanol–water partition coefficient (Wildman–Crippen LogP) is 3.30. The van der Waals surface area contributed by atoms with Gasteiger partial charge in [-0.05, 0) is 30.9 Å². The van der Waals surface area contributed by atoms with Crippen molar-refractivity contribution in [1.82, 2.24) is 5.32 Å². The Morgan fingerprint density at radius 2 is 2.11 bits per heavy atom. The number of nitrogens with zero attached hydrogens (tertiary/aromatic N) is 1. The largest absolute Gasteiger partial charge is 0.370 e. The quantitative estimate of drug-likeness (QED) is 0.458. The smallest absolute Gasteiger partial charge is 0.188 e. The molecule has 1 aliphatic rings. The van der Waals surface area contributed by atoms with E-state index >= 15 is 0 Å². The van der Waals surface area contributed by atoms with Crippen molar-refractivity contribution >= 4 is 41.5 Å². The Bertz CT molecular complexity index is 444. The van der Waals surface area contributed by atoms with Crippen LogP contribution >= 0.6 is 35.6 Å². The van der Waals surface area contributed by atoms with Crippen molar-refractivity contribution in [3.8, 4) is 0 Å². The first-order chi connectivity index (χ1) is 8.68. The minimum Gasteiger partial charge on any atom is -0.370 e. The van der Waals surface area contributed by atoms with Crippen molar-refractivity contribution in [3.63, 3.8) is 0 Å². The molecule has 1 fully saturated rings. The van der Waals surface area contributed by atoms with Crippen molar-refractivity contribution < 1.29 is 0 Å². The number of aliphatic imine (C=N–C) groups is 1. The van der Waals surface area contributed by atoms with Crippen molar-refractivity contribution in [3.05, 3.63) is 34.9 Å². The second kappa shape index (κ2) is 7.33. The fourth-order valence-electron chi connectivity index (χ4n) is 2.10. The minimum absolute atomic E-state index is 0. The Kier molecular flexibility index (Phi) is 6.39. The summed E-state index contributed by atoms with van der Waals surface area (Å²) in [6.45, 7) is 3.69. The number of hydrogen-bond donors (Lipinski definition) is 2. The first-order valence-corrected chi connectivity index (χ1v) is 6.84. The molecule has 1 saturated carbocycles. The second-order valence-corrected chi connectivity index (χ2v) is 5.30. The molecule has 0 amide bonds. The predicted molar refractivity (Wildman–Crippen MR) is 92.6 cm³/mol. The van der Waals surface area contributed by atoms with Crippen LogP contribution in [0.1, 0.15) is 31.7 Å². The van der Waals surface area contributed by atoms with Gasteiger partial charge < -0.3 is 11.1 Å². The van der Waals surface area contributed by atoms with E-state index in [1.165, 1.54) is 5.56 Å². The molecular formula is C14H21ClIN3. The van der Waals surface area contributed by atoms with Gasteiger partial charge in [0.15, 0.2) is 5.96 Å². The van der Waals surface area contributed by atoms with Gasteiger partial charge in [0.1, 0.15) is 0 Å². The van der Waals surface area contributed by atoms with Crippen LogP contribution in [0.4, 0.5) is 0 Å². The zero-order chi connectivity index (χ0) is 13.0. The standard InChI is InChI=1S/C14H20ClN3.HI/c1-2-9-17-13(16)18-10-14(7-8-14)11-5-3-4-6-12(11)15;/h3-6H,2,7-10H2,1H3,(H3,16,17,18);1H. The van der Waals surface area contributed by atoms with Crippen molar-refractivity contribution in [2.45, 2.75) is 31.6 Å². The van der Waals surface area contributed by atoms with Gasteiger partial charge in [0.25, 0.3) is 0 Å². The zero-order valence-corrected chi connectivity index (χ0v) is 14.2. The fraction of sp³-hybridized carbons (Fsp3) is 0.500. The monoisotopic (exact) mass is 393 g/mol. The molecule has 0 heterocycles. The summed E-state index contributed by atoms with van der Waals surface area (Å²) in [6, 6.07) is 8.03. The van der Waals surface area contributed by atoms with E-state index in [1.54, 1.807) is 0 Å². The Hall–Kier alpha value is -0.490. The molecule has 1 aliphatic carbocycles. The summed E-state index contributed by atoms with van der Waals surface area (Å²) in [5, 5.41) is 3.93. The SMILES string of the molecule is CCCNC(N)=NCC1(c2ccccc2Cl)CC1.I. The second-order valence-electron chi connectivity index (χ2n) is 4.89. The van der Waals surface area contributed by atoms with Gasteiger partial charge in [-0.3, -0.25) is 4.99 Å². The average molecular weight is 394 g/mol. The van der Waals surface area contributed by atoms with Crippen LogP contribution in [0.3, 0.4) is 0 Å². The highest BCUT2D eigenvalue weighted by Gasteiger charge is 2.45. The van der Waals surface area contributed by atoms with E-state index < -0.39 is 0 Å².